The number of hydrogen-bond donors (Lipinski definition) is 1. The summed E-state index contributed by atoms with van der Waals surface area (Å²) in [5.41, 5.74) is 0. The minimum atomic E-state index is 1.64. The Morgan fingerprint density at radius 1 is 1.80 bits per heavy atom. The average Bonchev–Trinajstić information content (AvgIpc) is 1.41. The minimum absolute atomic E-state index is 1.64. The van der Waals surface area contributed by atoms with E-state index < -0.39 is 0 Å². The molecule has 5 heavy (non-hydrogen) atoms. The third kappa shape index (κ3) is 4.44. The summed E-state index contributed by atoms with van der Waals surface area (Å²) in [5.74, 6) is 0. The molecule has 0 fully saturated rings. The van der Waals surface area contributed by atoms with E-state index in [0.29, 0.717) is 0 Å². The third-order valence-electron chi connectivity index (χ3n) is 0.197. The van der Waals surface area contributed by atoms with Crippen LogP contribution in [0.3, 0.4) is 0 Å². The zero-order valence-electron chi connectivity index (χ0n) is 3.01. The van der Waals surface area contributed by atoms with Crippen LogP contribution in [0, 0.1) is 0 Å². The smallest absolute Gasteiger partial charge is 0.0142 e. The van der Waals surface area contributed by atoms with E-state index in [-0.39, 0.29) is 0 Å². The van der Waals surface area contributed by atoms with Crippen LogP contribution in [0.1, 0.15) is 0 Å². The summed E-state index contributed by atoms with van der Waals surface area (Å²) in [5, 5.41) is 3.62. The van der Waals surface area contributed by atoms with E-state index in [1.54, 1.807) is 17.2 Å². The lowest BCUT2D eigenvalue weighted by Gasteiger charge is -1.65. The molecule has 0 rings (SSSR count). The van der Waals surface area contributed by atoms with Crippen LogP contribution < -0.4 is 0 Å². The zero-order valence-corrected chi connectivity index (χ0v) is 4.72. The summed E-state index contributed by atoms with van der Waals surface area (Å²) >= 11 is 5.44. The first kappa shape index (κ1) is 5.44. The van der Waals surface area contributed by atoms with Gasteiger partial charge < -0.3 is 0 Å². The molecule has 0 aliphatic rings. The van der Waals surface area contributed by atoms with Crippen molar-refractivity contribution in [3.63, 3.8) is 0 Å². The fourth-order valence-electron chi connectivity index (χ4n) is 0.0609. The molecule has 0 saturated carbocycles. The van der Waals surface area contributed by atoms with Crippen molar-refractivity contribution in [1.82, 2.24) is 0 Å². The summed E-state index contributed by atoms with van der Waals surface area (Å²) in [4.78, 5) is 0. The van der Waals surface area contributed by atoms with Crippen LogP contribution in [0.2, 0.25) is 0 Å². The van der Waals surface area contributed by atoms with E-state index >= 15 is 0 Å². The van der Waals surface area contributed by atoms with Gasteiger partial charge in [-0.15, -0.1) is 11.8 Å². The highest BCUT2D eigenvalue weighted by Crippen LogP contribution is 1.92. The third-order valence-corrected chi connectivity index (χ3v) is 0.956. The van der Waals surface area contributed by atoms with E-state index in [1.807, 2.05) is 11.7 Å². The molecule has 0 aromatic heterocycles. The van der Waals surface area contributed by atoms with Gasteiger partial charge in [0.1, 0.15) is 0 Å². The monoisotopic (exact) mass is 106 g/mol. The van der Waals surface area contributed by atoms with Crippen molar-refractivity contribution in [1.29, 1.82) is 0 Å². The predicted molar refractivity (Wildman–Crippen MR) is 31.6 cm³/mol. The van der Waals surface area contributed by atoms with Crippen LogP contribution in [-0.2, 0) is 0 Å². The summed E-state index contributed by atoms with van der Waals surface area (Å²) in [7, 11) is 0. The standard InChI is InChI=1S/C3H6S2/c1-5-3-2-4/h2-4H,1H3. The molecule has 0 bridgehead atoms. The van der Waals surface area contributed by atoms with Gasteiger partial charge in [0.2, 0.25) is 0 Å². The molecule has 0 aliphatic carbocycles. The van der Waals surface area contributed by atoms with Gasteiger partial charge in [0.15, 0.2) is 0 Å². The molecule has 0 unspecified atom stereocenters. The van der Waals surface area contributed by atoms with Crippen molar-refractivity contribution in [2.24, 2.45) is 0 Å². The number of thioether (sulfide) groups is 1. The lowest BCUT2D eigenvalue weighted by molar-refractivity contribution is 2.44. The topological polar surface area (TPSA) is 0 Å². The second kappa shape index (κ2) is 4.44. The van der Waals surface area contributed by atoms with Gasteiger partial charge >= 0.3 is 0 Å². The first-order chi connectivity index (χ1) is 2.41. The van der Waals surface area contributed by atoms with Gasteiger partial charge in [0.05, 0.1) is 0 Å². The Morgan fingerprint density at radius 3 is 2.40 bits per heavy atom. The molecule has 0 saturated heterocycles. The van der Waals surface area contributed by atoms with Gasteiger partial charge in [0.25, 0.3) is 0 Å². The van der Waals surface area contributed by atoms with Gasteiger partial charge in [-0.2, -0.15) is 12.6 Å². The second-order valence-electron chi connectivity index (χ2n) is 0.521. The van der Waals surface area contributed by atoms with Crippen molar-refractivity contribution in [3.05, 3.63) is 10.8 Å². The van der Waals surface area contributed by atoms with Gasteiger partial charge in [-0.1, -0.05) is 0 Å². The lowest BCUT2D eigenvalue weighted by atomic mass is 11.3. The van der Waals surface area contributed by atoms with Crippen molar-refractivity contribution in [2.45, 2.75) is 0 Å². The number of thiol groups is 1. The Bertz CT molecular complexity index is 31.9. The summed E-state index contributed by atoms with van der Waals surface area (Å²) in [6, 6.07) is 0. The molecule has 0 aromatic carbocycles. The first-order valence-corrected chi connectivity index (χ1v) is 3.04. The van der Waals surface area contributed by atoms with Gasteiger partial charge in [-0.3, -0.25) is 0 Å². The Morgan fingerprint density at radius 2 is 2.40 bits per heavy atom. The predicted octanol–water partition coefficient (Wildman–Crippen LogP) is 1.75. The molecule has 30 valence electrons. The molecular weight excluding hydrogens is 100 g/mol. The number of hydrogen-bond acceptors (Lipinski definition) is 2. The molecule has 0 radical (unpaired) electrons. The highest BCUT2D eigenvalue weighted by Gasteiger charge is 1.52. The van der Waals surface area contributed by atoms with Crippen LogP contribution >= 0.6 is 24.4 Å². The Labute approximate surface area is 42.1 Å². The molecule has 2 heteroatoms. The van der Waals surface area contributed by atoms with Crippen LogP contribution in [-0.4, -0.2) is 6.26 Å². The molecule has 0 aromatic rings. The van der Waals surface area contributed by atoms with Crippen LogP contribution in [0.15, 0.2) is 10.8 Å². The van der Waals surface area contributed by atoms with Gasteiger partial charge in [0, 0.05) is 0 Å². The highest BCUT2D eigenvalue weighted by molar-refractivity contribution is 8.02. The average molecular weight is 106 g/mol. The maximum atomic E-state index is 3.80. The lowest BCUT2D eigenvalue weighted by Crippen LogP contribution is -1.31. The fourth-order valence-corrected chi connectivity index (χ4v) is 0.548. The molecule has 0 N–H and O–H groups in total. The Kier molecular flexibility index (Phi) is 4.83. The van der Waals surface area contributed by atoms with Crippen LogP contribution in [0.5, 0.6) is 0 Å². The fraction of sp³-hybridized carbons (Fsp3) is 0.333. The molecule has 0 amide bonds. The van der Waals surface area contributed by atoms with Crippen molar-refractivity contribution in [3.8, 4) is 0 Å². The Hall–Kier alpha value is 0.440. The molecule has 0 spiro atoms. The van der Waals surface area contributed by atoms with Crippen LogP contribution in [0.4, 0.5) is 0 Å². The maximum Gasteiger partial charge on any atom is -0.0142 e. The minimum Gasteiger partial charge on any atom is -0.151 e. The highest BCUT2D eigenvalue weighted by atomic mass is 32.2. The Balaban J connectivity index is 2.62. The quantitative estimate of drug-likeness (QED) is 0.497. The van der Waals surface area contributed by atoms with E-state index in [2.05, 4.69) is 12.6 Å². The molecule has 0 nitrogen and oxygen atoms in total. The van der Waals surface area contributed by atoms with E-state index in [4.69, 9.17) is 0 Å². The molecule has 0 atom stereocenters. The van der Waals surface area contributed by atoms with Crippen LogP contribution in [0.25, 0.3) is 0 Å². The van der Waals surface area contributed by atoms with E-state index in [1.165, 1.54) is 0 Å². The zero-order chi connectivity index (χ0) is 4.12. The van der Waals surface area contributed by atoms with Crippen molar-refractivity contribution >= 4 is 24.4 Å². The normalized spacial score (nSPS) is 10.0. The van der Waals surface area contributed by atoms with E-state index in [9.17, 15) is 0 Å². The molecular formula is C3H6S2. The van der Waals surface area contributed by atoms with E-state index in [0.717, 1.165) is 0 Å². The number of rotatable bonds is 1. The second-order valence-corrected chi connectivity index (χ2v) is 1.56. The molecule has 0 heterocycles. The first-order valence-electron chi connectivity index (χ1n) is 1.24. The summed E-state index contributed by atoms with van der Waals surface area (Å²) in [6.45, 7) is 0. The van der Waals surface area contributed by atoms with Crippen molar-refractivity contribution in [2.75, 3.05) is 6.26 Å². The van der Waals surface area contributed by atoms with Gasteiger partial charge in [-0.05, 0) is 17.1 Å². The van der Waals surface area contributed by atoms with Crippen molar-refractivity contribution < 1.29 is 0 Å². The maximum absolute atomic E-state index is 3.80. The largest absolute Gasteiger partial charge is 0.151 e. The summed E-state index contributed by atoms with van der Waals surface area (Å²) < 4.78 is 0. The van der Waals surface area contributed by atoms with Gasteiger partial charge in [-0.25, -0.2) is 0 Å². The summed E-state index contributed by atoms with van der Waals surface area (Å²) in [6.07, 6.45) is 1.99. The molecule has 0 aliphatic heterocycles. The SMILES string of the molecule is CSC=CS.